The van der Waals surface area contributed by atoms with Crippen molar-refractivity contribution >= 4 is 22.9 Å². The van der Waals surface area contributed by atoms with Gasteiger partial charge in [-0.15, -0.1) is 0 Å². The number of rotatable bonds is 6. The van der Waals surface area contributed by atoms with Crippen molar-refractivity contribution in [2.24, 2.45) is 5.73 Å². The van der Waals surface area contributed by atoms with Crippen LogP contribution in [0, 0.1) is 5.82 Å². The van der Waals surface area contributed by atoms with Gasteiger partial charge < -0.3 is 15.9 Å². The molecular weight excluding hydrogens is 483 g/mol. The van der Waals surface area contributed by atoms with Crippen molar-refractivity contribution in [3.63, 3.8) is 0 Å². The number of fused-ring (bicyclic) bond motifs is 1. The van der Waals surface area contributed by atoms with E-state index < -0.39 is 11.7 Å². The lowest BCUT2D eigenvalue weighted by Gasteiger charge is -2.23. The van der Waals surface area contributed by atoms with Gasteiger partial charge >= 0.3 is 0 Å². The van der Waals surface area contributed by atoms with Crippen LogP contribution < -0.4 is 11.5 Å². The van der Waals surface area contributed by atoms with Crippen LogP contribution in [0.2, 0.25) is 0 Å². The van der Waals surface area contributed by atoms with E-state index in [-0.39, 0.29) is 28.9 Å². The molecule has 0 saturated heterocycles. The Kier molecular flexibility index (Phi) is 5.65. The molecule has 0 spiro atoms. The Hall–Kier alpha value is -5.31. The topological polar surface area (TPSA) is 126 Å². The number of anilines is 1. The number of hydrogen-bond donors (Lipinski definition) is 2. The van der Waals surface area contributed by atoms with Crippen LogP contribution in [-0.2, 0) is 6.42 Å². The summed E-state index contributed by atoms with van der Waals surface area (Å²) in [5.41, 5.74) is 16.0. The third kappa shape index (κ3) is 3.77. The molecule has 0 aliphatic heterocycles. The minimum atomic E-state index is -0.842. The largest absolute Gasteiger partial charge is 0.472 e. The van der Waals surface area contributed by atoms with Gasteiger partial charge in [0.05, 0.1) is 23.8 Å². The number of amides is 1. The molecule has 1 amide bonds. The van der Waals surface area contributed by atoms with Gasteiger partial charge in [0.15, 0.2) is 5.65 Å². The zero-order valence-corrected chi connectivity index (χ0v) is 20.0. The number of carbonyl (C=O) groups is 1. The Morgan fingerprint density at radius 3 is 2.47 bits per heavy atom. The predicted octanol–water partition coefficient (Wildman–Crippen LogP) is 5.15. The molecular formula is C29H21FN6O2. The van der Waals surface area contributed by atoms with Crippen LogP contribution in [0.25, 0.3) is 39.1 Å². The van der Waals surface area contributed by atoms with Crippen LogP contribution in [0.15, 0.2) is 96.3 Å². The molecule has 0 radical (unpaired) electrons. The Morgan fingerprint density at radius 2 is 1.74 bits per heavy atom. The zero-order chi connectivity index (χ0) is 26.2. The third-order valence-corrected chi connectivity index (χ3v) is 6.45. The second kappa shape index (κ2) is 9.29. The number of nitrogen functional groups attached to an aromatic ring is 1. The molecule has 6 aromatic rings. The van der Waals surface area contributed by atoms with Crippen molar-refractivity contribution in [1.29, 1.82) is 0 Å². The molecule has 4 N–H and O–H groups in total. The molecule has 6 rings (SSSR count). The van der Waals surface area contributed by atoms with Crippen molar-refractivity contribution in [2.45, 2.75) is 6.42 Å². The van der Waals surface area contributed by atoms with Gasteiger partial charge in [-0.05, 0) is 35.9 Å². The van der Waals surface area contributed by atoms with Gasteiger partial charge in [-0.1, -0.05) is 30.3 Å². The fourth-order valence-electron chi connectivity index (χ4n) is 4.82. The second-order valence-corrected chi connectivity index (χ2v) is 8.70. The zero-order valence-electron chi connectivity index (χ0n) is 20.0. The minimum absolute atomic E-state index is 0.0333. The number of imidazole rings is 1. The van der Waals surface area contributed by atoms with Crippen LogP contribution in [0.5, 0.6) is 0 Å². The molecule has 0 saturated carbocycles. The van der Waals surface area contributed by atoms with E-state index in [4.69, 9.17) is 15.9 Å². The Morgan fingerprint density at radius 1 is 0.947 bits per heavy atom. The maximum atomic E-state index is 16.9. The minimum Gasteiger partial charge on any atom is -0.472 e. The van der Waals surface area contributed by atoms with Crippen molar-refractivity contribution in [3.8, 4) is 27.9 Å². The fourth-order valence-corrected chi connectivity index (χ4v) is 4.82. The van der Waals surface area contributed by atoms with Gasteiger partial charge in [0, 0.05) is 46.6 Å². The predicted molar refractivity (Wildman–Crippen MR) is 142 cm³/mol. The number of benzene rings is 2. The molecule has 186 valence electrons. The van der Waals surface area contributed by atoms with E-state index in [0.717, 1.165) is 5.56 Å². The van der Waals surface area contributed by atoms with E-state index in [0.29, 0.717) is 33.5 Å². The summed E-state index contributed by atoms with van der Waals surface area (Å²) in [6.45, 7) is 0. The van der Waals surface area contributed by atoms with Gasteiger partial charge in [-0.2, -0.15) is 0 Å². The van der Waals surface area contributed by atoms with Gasteiger partial charge in [0.2, 0.25) is 0 Å². The molecule has 2 aromatic carbocycles. The van der Waals surface area contributed by atoms with Crippen molar-refractivity contribution < 1.29 is 13.6 Å². The Bertz CT molecular complexity index is 1800. The fraction of sp³-hybridized carbons (Fsp3) is 0.0345. The maximum absolute atomic E-state index is 16.9. The summed E-state index contributed by atoms with van der Waals surface area (Å²) in [5, 5.41) is 0. The smallest absolute Gasteiger partial charge is 0.251 e. The SMILES string of the molecule is NC(=O)c1c(-c2cccnc2N)c(F)c(Cc2ccccc2)c(-c2ccoc2)c1-n1cnc2cccnc21. The summed E-state index contributed by atoms with van der Waals surface area (Å²) in [6, 6.07) is 18.0. The molecule has 9 heteroatoms. The number of nitrogens with zero attached hydrogens (tertiary/aromatic N) is 4. The molecule has 0 bridgehead atoms. The lowest BCUT2D eigenvalue weighted by Crippen LogP contribution is -2.20. The lowest BCUT2D eigenvalue weighted by atomic mass is 9.85. The Labute approximate surface area is 216 Å². The Balaban J connectivity index is 1.83. The molecule has 4 heterocycles. The lowest BCUT2D eigenvalue weighted by molar-refractivity contribution is 0.100. The van der Waals surface area contributed by atoms with E-state index in [9.17, 15) is 4.79 Å². The first kappa shape index (κ1) is 23.1. The first-order valence-electron chi connectivity index (χ1n) is 11.8. The summed E-state index contributed by atoms with van der Waals surface area (Å²) < 4.78 is 23.9. The van der Waals surface area contributed by atoms with Crippen LogP contribution in [0.1, 0.15) is 21.5 Å². The van der Waals surface area contributed by atoms with Gasteiger partial charge in [0.25, 0.3) is 5.91 Å². The number of carbonyl (C=O) groups excluding carboxylic acids is 1. The molecule has 0 fully saturated rings. The number of pyridine rings is 2. The quantitative estimate of drug-likeness (QED) is 0.323. The highest BCUT2D eigenvalue weighted by Gasteiger charge is 2.31. The molecule has 0 atom stereocenters. The summed E-state index contributed by atoms with van der Waals surface area (Å²) >= 11 is 0. The average molecular weight is 505 g/mol. The van der Waals surface area contributed by atoms with Crippen molar-refractivity contribution in [3.05, 3.63) is 114 Å². The molecule has 0 aliphatic carbocycles. The molecule has 0 aliphatic rings. The van der Waals surface area contributed by atoms with Crippen LogP contribution in [-0.4, -0.2) is 25.4 Å². The summed E-state index contributed by atoms with van der Waals surface area (Å²) in [6.07, 6.45) is 7.87. The van der Waals surface area contributed by atoms with Gasteiger partial charge in [-0.25, -0.2) is 19.3 Å². The molecule has 8 nitrogen and oxygen atoms in total. The normalized spacial score (nSPS) is 11.2. The van der Waals surface area contributed by atoms with E-state index in [2.05, 4.69) is 15.0 Å². The van der Waals surface area contributed by atoms with Crippen molar-refractivity contribution in [2.75, 3.05) is 5.73 Å². The molecule has 38 heavy (non-hydrogen) atoms. The summed E-state index contributed by atoms with van der Waals surface area (Å²) in [4.78, 5) is 26.3. The summed E-state index contributed by atoms with van der Waals surface area (Å²) in [5.74, 6) is -1.40. The highest BCUT2D eigenvalue weighted by molar-refractivity contribution is 6.08. The number of hydrogen-bond acceptors (Lipinski definition) is 6. The highest BCUT2D eigenvalue weighted by Crippen LogP contribution is 2.44. The van der Waals surface area contributed by atoms with Gasteiger partial charge in [0.1, 0.15) is 23.5 Å². The average Bonchev–Trinajstić information content (AvgIpc) is 3.61. The molecule has 4 aromatic heterocycles. The van der Waals surface area contributed by atoms with E-state index in [1.807, 2.05) is 30.3 Å². The summed E-state index contributed by atoms with van der Waals surface area (Å²) in [7, 11) is 0. The number of nitrogens with two attached hydrogens (primary N) is 2. The van der Waals surface area contributed by atoms with E-state index >= 15 is 4.39 Å². The third-order valence-electron chi connectivity index (χ3n) is 6.45. The van der Waals surface area contributed by atoms with Crippen LogP contribution in [0.3, 0.4) is 0 Å². The van der Waals surface area contributed by atoms with Gasteiger partial charge in [-0.3, -0.25) is 9.36 Å². The monoisotopic (exact) mass is 504 g/mol. The molecule has 0 unspecified atom stereocenters. The number of aromatic nitrogens is 4. The first-order chi connectivity index (χ1) is 18.5. The standard InChI is InChI=1S/C29H21FN6O2/c30-25-20(14-17-6-2-1-3-7-17)22(18-10-13-38-15-18)26(36-16-35-21-9-5-12-34-29(21)36)24(28(32)37)23(25)19-8-4-11-33-27(19)31/h1-13,15-16H,14H2,(H2,31,33)(H2,32,37). The van der Waals surface area contributed by atoms with Crippen LogP contribution >= 0.6 is 0 Å². The van der Waals surface area contributed by atoms with E-state index in [1.54, 1.807) is 47.4 Å². The number of primary amides is 1. The van der Waals surface area contributed by atoms with Crippen molar-refractivity contribution in [1.82, 2.24) is 19.5 Å². The van der Waals surface area contributed by atoms with E-state index in [1.165, 1.54) is 18.7 Å². The first-order valence-corrected chi connectivity index (χ1v) is 11.8. The number of furan rings is 1. The second-order valence-electron chi connectivity index (χ2n) is 8.70. The number of halogens is 1. The van der Waals surface area contributed by atoms with Crippen LogP contribution in [0.4, 0.5) is 10.2 Å². The highest BCUT2D eigenvalue weighted by atomic mass is 19.1. The maximum Gasteiger partial charge on any atom is 0.251 e.